The van der Waals surface area contributed by atoms with E-state index in [1.807, 2.05) is 11.8 Å². The van der Waals surface area contributed by atoms with Gasteiger partial charge in [0.15, 0.2) is 0 Å². The first-order valence-corrected chi connectivity index (χ1v) is 9.09. The maximum atomic E-state index is 12.3. The van der Waals surface area contributed by atoms with Crippen LogP contribution in [0.4, 0.5) is 5.82 Å². The van der Waals surface area contributed by atoms with Crippen molar-refractivity contribution in [2.75, 3.05) is 24.7 Å². The molecule has 1 fully saturated rings. The number of H-pyrrole nitrogens is 1. The van der Waals surface area contributed by atoms with E-state index in [-0.39, 0.29) is 22.2 Å². The maximum Gasteiger partial charge on any atom is 0.225 e. The summed E-state index contributed by atoms with van der Waals surface area (Å²) in [5, 5.41) is -0.0700. The Labute approximate surface area is 138 Å². The molecule has 1 N–H and O–H groups in total. The lowest BCUT2D eigenvalue weighted by molar-refractivity contribution is 0.0985. The molecule has 23 heavy (non-hydrogen) atoms. The van der Waals surface area contributed by atoms with Crippen molar-refractivity contribution in [1.82, 2.24) is 19.9 Å². The number of morpholine rings is 1. The molecule has 124 valence electrons. The van der Waals surface area contributed by atoms with Crippen LogP contribution in [0.5, 0.6) is 0 Å². The Morgan fingerprint density at radius 3 is 3.00 bits per heavy atom. The van der Waals surface area contributed by atoms with Crippen molar-refractivity contribution in [2.24, 2.45) is 0 Å². The Kier molecular flexibility index (Phi) is 4.51. The first-order chi connectivity index (χ1) is 11.0. The minimum absolute atomic E-state index is 0.0193. The molecule has 1 atom stereocenters. The molecule has 0 aromatic carbocycles. The SMILES string of the molecule is C[C@H]1COCCN1c1cc(CS(=O)(=O)c2ncc[nH]2)nc(Cl)n1. The average Bonchev–Trinajstić information content (AvgIpc) is 3.01. The summed E-state index contributed by atoms with van der Waals surface area (Å²) in [6.45, 7) is 3.85. The van der Waals surface area contributed by atoms with Gasteiger partial charge in [-0.1, -0.05) is 0 Å². The number of nitrogens with zero attached hydrogens (tertiary/aromatic N) is 4. The normalized spacial score (nSPS) is 19.0. The summed E-state index contributed by atoms with van der Waals surface area (Å²) in [7, 11) is -3.61. The maximum absolute atomic E-state index is 12.3. The van der Waals surface area contributed by atoms with Crippen LogP contribution in [0.3, 0.4) is 0 Å². The Hall–Kier alpha value is -1.71. The number of halogens is 1. The topological polar surface area (TPSA) is 101 Å². The fourth-order valence-electron chi connectivity index (χ4n) is 2.42. The summed E-state index contributed by atoms with van der Waals surface area (Å²) >= 11 is 5.97. The molecule has 0 spiro atoms. The molecular weight excluding hydrogens is 342 g/mol. The zero-order valence-electron chi connectivity index (χ0n) is 12.4. The van der Waals surface area contributed by atoms with Gasteiger partial charge < -0.3 is 14.6 Å². The first-order valence-electron chi connectivity index (χ1n) is 7.06. The quantitative estimate of drug-likeness (QED) is 0.816. The summed E-state index contributed by atoms with van der Waals surface area (Å²) in [4.78, 5) is 16.6. The van der Waals surface area contributed by atoms with Crippen molar-refractivity contribution in [2.45, 2.75) is 23.9 Å². The van der Waals surface area contributed by atoms with Gasteiger partial charge in [0.1, 0.15) is 11.6 Å². The summed E-state index contributed by atoms with van der Waals surface area (Å²) in [6.07, 6.45) is 2.85. The standard InChI is InChI=1S/C13H16ClN5O3S/c1-9-7-22-5-4-19(9)11-6-10(17-12(14)18-11)8-23(20,21)13-15-2-3-16-13/h2-3,6,9H,4-5,7-8H2,1H3,(H,15,16)/t9-/m0/s1. The van der Waals surface area contributed by atoms with Crippen LogP contribution in [0, 0.1) is 0 Å². The molecule has 0 amide bonds. The number of aromatic nitrogens is 4. The first kappa shape index (κ1) is 16.2. The van der Waals surface area contributed by atoms with Crippen molar-refractivity contribution in [3.63, 3.8) is 0 Å². The molecule has 3 rings (SSSR count). The van der Waals surface area contributed by atoms with Crippen LogP contribution in [-0.4, -0.2) is 54.2 Å². The fraction of sp³-hybridized carbons (Fsp3) is 0.462. The largest absolute Gasteiger partial charge is 0.377 e. The van der Waals surface area contributed by atoms with Crippen LogP contribution < -0.4 is 4.90 Å². The number of ether oxygens (including phenoxy) is 1. The third-order valence-corrected chi connectivity index (χ3v) is 5.16. The third-order valence-electron chi connectivity index (χ3n) is 3.51. The number of nitrogens with one attached hydrogen (secondary N) is 1. The van der Waals surface area contributed by atoms with E-state index in [1.54, 1.807) is 6.07 Å². The van der Waals surface area contributed by atoms with Crippen LogP contribution in [0.2, 0.25) is 5.28 Å². The molecule has 0 saturated carbocycles. The predicted octanol–water partition coefficient (Wildman–Crippen LogP) is 1.05. The number of hydrogen-bond donors (Lipinski definition) is 1. The number of aromatic amines is 1. The van der Waals surface area contributed by atoms with Gasteiger partial charge in [-0.3, -0.25) is 0 Å². The Morgan fingerprint density at radius 2 is 2.30 bits per heavy atom. The van der Waals surface area contributed by atoms with Gasteiger partial charge in [-0.15, -0.1) is 0 Å². The molecule has 0 aliphatic carbocycles. The second-order valence-corrected chi connectivity index (χ2v) is 7.50. The van der Waals surface area contributed by atoms with Gasteiger partial charge in [-0.2, -0.15) is 0 Å². The predicted molar refractivity (Wildman–Crippen MR) is 84.1 cm³/mol. The molecule has 0 bridgehead atoms. The van der Waals surface area contributed by atoms with Gasteiger partial charge in [0.05, 0.1) is 24.9 Å². The number of hydrogen-bond acceptors (Lipinski definition) is 7. The van der Waals surface area contributed by atoms with Crippen LogP contribution >= 0.6 is 11.6 Å². The lowest BCUT2D eigenvalue weighted by Gasteiger charge is -2.34. The highest BCUT2D eigenvalue weighted by Crippen LogP contribution is 2.22. The van der Waals surface area contributed by atoms with Gasteiger partial charge in [-0.25, -0.2) is 23.4 Å². The lowest BCUT2D eigenvalue weighted by Crippen LogP contribution is -2.44. The van der Waals surface area contributed by atoms with E-state index in [9.17, 15) is 8.42 Å². The number of imidazole rings is 1. The highest BCUT2D eigenvalue weighted by atomic mass is 35.5. The second kappa shape index (κ2) is 6.42. The summed E-state index contributed by atoms with van der Waals surface area (Å²) in [6, 6.07) is 1.78. The van der Waals surface area contributed by atoms with Crippen molar-refractivity contribution in [3.8, 4) is 0 Å². The van der Waals surface area contributed by atoms with Gasteiger partial charge in [0.25, 0.3) is 0 Å². The Bertz CT molecular complexity index is 781. The van der Waals surface area contributed by atoms with Crippen LogP contribution in [0.15, 0.2) is 23.6 Å². The minimum atomic E-state index is -3.61. The molecule has 1 aliphatic heterocycles. The van der Waals surface area contributed by atoms with Crippen molar-refractivity contribution >= 4 is 27.3 Å². The van der Waals surface area contributed by atoms with E-state index >= 15 is 0 Å². The van der Waals surface area contributed by atoms with E-state index in [0.717, 1.165) is 0 Å². The molecular formula is C13H16ClN5O3S. The van der Waals surface area contributed by atoms with Crippen LogP contribution in [0.1, 0.15) is 12.6 Å². The molecule has 1 aliphatic rings. The van der Waals surface area contributed by atoms with E-state index in [4.69, 9.17) is 16.3 Å². The van der Waals surface area contributed by atoms with Gasteiger partial charge in [-0.05, 0) is 18.5 Å². The zero-order chi connectivity index (χ0) is 16.4. The zero-order valence-corrected chi connectivity index (χ0v) is 14.0. The molecule has 8 nitrogen and oxygen atoms in total. The van der Waals surface area contributed by atoms with Crippen molar-refractivity contribution in [3.05, 3.63) is 29.4 Å². The van der Waals surface area contributed by atoms with Gasteiger partial charge in [0, 0.05) is 25.0 Å². The average molecular weight is 358 g/mol. The van der Waals surface area contributed by atoms with Crippen LogP contribution in [-0.2, 0) is 20.3 Å². The highest BCUT2D eigenvalue weighted by molar-refractivity contribution is 7.90. The summed E-state index contributed by atoms with van der Waals surface area (Å²) in [5.74, 6) is 0.305. The minimum Gasteiger partial charge on any atom is -0.377 e. The fourth-order valence-corrected chi connectivity index (χ4v) is 3.76. The summed E-state index contributed by atoms with van der Waals surface area (Å²) < 4.78 is 30.0. The monoisotopic (exact) mass is 357 g/mol. The summed E-state index contributed by atoms with van der Waals surface area (Å²) in [5.41, 5.74) is 0.329. The number of sulfone groups is 1. The Balaban J connectivity index is 1.89. The third kappa shape index (κ3) is 3.62. The molecule has 2 aromatic rings. The lowest BCUT2D eigenvalue weighted by atomic mass is 10.2. The molecule has 10 heteroatoms. The molecule has 0 radical (unpaired) electrons. The number of rotatable bonds is 4. The van der Waals surface area contributed by atoms with E-state index in [2.05, 4.69) is 19.9 Å². The van der Waals surface area contributed by atoms with E-state index in [1.165, 1.54) is 12.4 Å². The van der Waals surface area contributed by atoms with Crippen molar-refractivity contribution in [1.29, 1.82) is 0 Å². The number of anilines is 1. The van der Waals surface area contributed by atoms with Gasteiger partial charge >= 0.3 is 0 Å². The van der Waals surface area contributed by atoms with E-state index in [0.29, 0.717) is 31.3 Å². The molecule has 2 aromatic heterocycles. The molecule has 0 unspecified atom stereocenters. The highest BCUT2D eigenvalue weighted by Gasteiger charge is 2.24. The smallest absolute Gasteiger partial charge is 0.225 e. The Morgan fingerprint density at radius 1 is 1.48 bits per heavy atom. The molecule has 3 heterocycles. The van der Waals surface area contributed by atoms with Crippen molar-refractivity contribution < 1.29 is 13.2 Å². The van der Waals surface area contributed by atoms with Crippen LogP contribution in [0.25, 0.3) is 0 Å². The van der Waals surface area contributed by atoms with E-state index < -0.39 is 9.84 Å². The molecule has 1 saturated heterocycles. The van der Waals surface area contributed by atoms with Gasteiger partial charge in [0.2, 0.25) is 20.3 Å². The second-order valence-electron chi connectivity index (χ2n) is 5.26.